The van der Waals surface area contributed by atoms with Crippen LogP contribution in [0.3, 0.4) is 0 Å². The van der Waals surface area contributed by atoms with Crippen molar-refractivity contribution in [1.29, 1.82) is 0 Å². The summed E-state index contributed by atoms with van der Waals surface area (Å²) in [5.41, 5.74) is 6.36. The first-order chi connectivity index (χ1) is 7.56. The average molecular weight is 258 g/mol. The highest BCUT2D eigenvalue weighted by molar-refractivity contribution is 8.01. The van der Waals surface area contributed by atoms with E-state index >= 15 is 0 Å². The van der Waals surface area contributed by atoms with Crippen LogP contribution in [0.2, 0.25) is 0 Å². The zero-order valence-corrected chi connectivity index (χ0v) is 9.96. The molecule has 0 amide bonds. The number of nitrogen functional groups attached to an aromatic ring is 1. The van der Waals surface area contributed by atoms with Gasteiger partial charge < -0.3 is 5.73 Å². The molecule has 0 saturated heterocycles. The molecular formula is C10H8F2N2S2. The van der Waals surface area contributed by atoms with Gasteiger partial charge in [-0.25, -0.2) is 13.8 Å². The number of rotatable bonds is 2. The number of aryl methyl sites for hydroxylation is 1. The summed E-state index contributed by atoms with van der Waals surface area (Å²) in [6.07, 6.45) is 0. The normalized spacial score (nSPS) is 10.7. The van der Waals surface area contributed by atoms with Gasteiger partial charge in [-0.1, -0.05) is 11.8 Å². The van der Waals surface area contributed by atoms with E-state index in [-0.39, 0.29) is 5.69 Å². The van der Waals surface area contributed by atoms with Crippen molar-refractivity contribution in [3.05, 3.63) is 34.8 Å². The summed E-state index contributed by atoms with van der Waals surface area (Å²) >= 11 is 2.58. The topological polar surface area (TPSA) is 38.9 Å². The molecule has 1 heterocycles. The number of thiazole rings is 1. The zero-order valence-electron chi connectivity index (χ0n) is 8.33. The lowest BCUT2D eigenvalue weighted by Gasteiger charge is -2.04. The van der Waals surface area contributed by atoms with Gasteiger partial charge in [0, 0.05) is 22.0 Å². The predicted octanol–water partition coefficient (Wildman–Crippen LogP) is 3.46. The van der Waals surface area contributed by atoms with Gasteiger partial charge in [0.2, 0.25) is 0 Å². The molecular weight excluding hydrogens is 250 g/mol. The molecule has 0 aliphatic heterocycles. The lowest BCUT2D eigenvalue weighted by Crippen LogP contribution is -1.94. The third-order valence-electron chi connectivity index (χ3n) is 1.85. The van der Waals surface area contributed by atoms with Crippen molar-refractivity contribution >= 4 is 28.8 Å². The number of hydrogen-bond acceptors (Lipinski definition) is 4. The summed E-state index contributed by atoms with van der Waals surface area (Å²) in [6.45, 7) is 1.86. The molecule has 2 rings (SSSR count). The minimum Gasteiger partial charge on any atom is -0.395 e. The third-order valence-corrected chi connectivity index (χ3v) is 3.97. The Morgan fingerprint density at radius 3 is 2.75 bits per heavy atom. The predicted molar refractivity (Wildman–Crippen MR) is 61.7 cm³/mol. The Balaban J connectivity index is 2.34. The van der Waals surface area contributed by atoms with E-state index < -0.39 is 11.6 Å². The number of halogens is 2. The Morgan fingerprint density at radius 2 is 2.12 bits per heavy atom. The molecule has 0 aliphatic carbocycles. The summed E-state index contributed by atoms with van der Waals surface area (Å²) in [5, 5.41) is 1.87. The van der Waals surface area contributed by atoms with Gasteiger partial charge in [0.15, 0.2) is 4.34 Å². The van der Waals surface area contributed by atoms with Crippen LogP contribution in [0.1, 0.15) is 5.69 Å². The molecule has 0 aliphatic rings. The van der Waals surface area contributed by atoms with Gasteiger partial charge >= 0.3 is 0 Å². The third kappa shape index (κ3) is 2.33. The van der Waals surface area contributed by atoms with Crippen LogP contribution in [-0.2, 0) is 0 Å². The molecule has 1 aromatic carbocycles. The van der Waals surface area contributed by atoms with E-state index in [0.29, 0.717) is 9.24 Å². The van der Waals surface area contributed by atoms with Gasteiger partial charge in [-0.15, -0.1) is 11.3 Å². The number of benzene rings is 1. The summed E-state index contributed by atoms with van der Waals surface area (Å²) in [4.78, 5) is 4.54. The van der Waals surface area contributed by atoms with Crippen LogP contribution in [0.4, 0.5) is 14.5 Å². The average Bonchev–Trinajstić information content (AvgIpc) is 2.60. The molecule has 16 heavy (non-hydrogen) atoms. The van der Waals surface area contributed by atoms with Crippen LogP contribution >= 0.6 is 23.1 Å². The molecule has 0 radical (unpaired) electrons. The first-order valence-corrected chi connectivity index (χ1v) is 6.10. The smallest absolute Gasteiger partial charge is 0.154 e. The van der Waals surface area contributed by atoms with Crippen LogP contribution in [0.5, 0.6) is 0 Å². The fourth-order valence-electron chi connectivity index (χ4n) is 1.12. The van der Waals surface area contributed by atoms with Crippen molar-refractivity contribution in [1.82, 2.24) is 4.98 Å². The highest BCUT2D eigenvalue weighted by atomic mass is 32.2. The largest absolute Gasteiger partial charge is 0.395 e. The second-order valence-corrected chi connectivity index (χ2v) is 5.30. The van der Waals surface area contributed by atoms with Crippen molar-refractivity contribution in [2.45, 2.75) is 16.2 Å². The molecule has 1 aromatic heterocycles. The van der Waals surface area contributed by atoms with Crippen LogP contribution in [-0.4, -0.2) is 4.98 Å². The van der Waals surface area contributed by atoms with E-state index in [1.165, 1.54) is 29.2 Å². The van der Waals surface area contributed by atoms with Gasteiger partial charge in [0.05, 0.1) is 5.69 Å². The second kappa shape index (κ2) is 4.39. The first-order valence-electron chi connectivity index (χ1n) is 4.41. The van der Waals surface area contributed by atoms with Crippen molar-refractivity contribution in [3.63, 3.8) is 0 Å². The molecule has 0 unspecified atom stereocenters. The molecule has 0 bridgehead atoms. The first kappa shape index (κ1) is 11.3. The molecule has 0 fully saturated rings. The highest BCUT2D eigenvalue weighted by Crippen LogP contribution is 2.35. The van der Waals surface area contributed by atoms with Crippen molar-refractivity contribution in [2.75, 3.05) is 5.73 Å². The Hall–Kier alpha value is -1.14. The molecule has 2 N–H and O–H groups in total. The van der Waals surface area contributed by atoms with Crippen molar-refractivity contribution < 1.29 is 8.78 Å². The molecule has 2 aromatic rings. The lowest BCUT2D eigenvalue weighted by atomic mass is 10.3. The molecule has 2 nitrogen and oxygen atoms in total. The van der Waals surface area contributed by atoms with E-state index in [9.17, 15) is 8.78 Å². The Kier molecular flexibility index (Phi) is 3.11. The number of nitrogens with two attached hydrogens (primary N) is 1. The van der Waals surface area contributed by atoms with Gasteiger partial charge in [-0.05, 0) is 13.0 Å². The summed E-state index contributed by atoms with van der Waals surface area (Å²) < 4.78 is 26.9. The Morgan fingerprint density at radius 1 is 1.38 bits per heavy atom. The van der Waals surface area contributed by atoms with Crippen LogP contribution in [0.25, 0.3) is 0 Å². The maximum Gasteiger partial charge on any atom is 0.154 e. The molecule has 0 spiro atoms. The maximum absolute atomic E-state index is 13.2. The van der Waals surface area contributed by atoms with Gasteiger partial charge in [-0.2, -0.15) is 0 Å². The van der Waals surface area contributed by atoms with E-state index in [4.69, 9.17) is 5.73 Å². The maximum atomic E-state index is 13.2. The zero-order chi connectivity index (χ0) is 11.7. The lowest BCUT2D eigenvalue weighted by molar-refractivity contribution is 0.581. The molecule has 6 heteroatoms. The van der Waals surface area contributed by atoms with Gasteiger partial charge in [0.1, 0.15) is 11.6 Å². The number of nitrogens with zero attached hydrogens (tertiary/aromatic N) is 1. The standard InChI is InChI=1S/C10H8F2N2S2/c1-5-4-15-10(14-5)16-8-3-6(11)2-7(12)9(8)13/h2-4H,13H2,1H3. The van der Waals surface area contributed by atoms with Gasteiger partial charge in [-0.3, -0.25) is 0 Å². The van der Waals surface area contributed by atoms with E-state index in [0.717, 1.165) is 11.8 Å². The molecule has 84 valence electrons. The summed E-state index contributed by atoms with van der Waals surface area (Å²) in [6, 6.07) is 1.98. The quantitative estimate of drug-likeness (QED) is 0.838. The fraction of sp³-hybridized carbons (Fsp3) is 0.100. The molecule has 0 atom stereocenters. The summed E-state index contributed by atoms with van der Waals surface area (Å²) in [5.74, 6) is -1.38. The monoisotopic (exact) mass is 258 g/mol. The summed E-state index contributed by atoms with van der Waals surface area (Å²) in [7, 11) is 0. The van der Waals surface area contributed by atoms with Crippen LogP contribution < -0.4 is 5.73 Å². The van der Waals surface area contributed by atoms with E-state index in [2.05, 4.69) is 4.98 Å². The van der Waals surface area contributed by atoms with E-state index in [1.54, 1.807) is 0 Å². The fourth-order valence-corrected chi connectivity index (χ4v) is 3.00. The number of aromatic nitrogens is 1. The Bertz CT molecular complexity index is 526. The minimum absolute atomic E-state index is 0.0424. The SMILES string of the molecule is Cc1csc(Sc2cc(F)cc(F)c2N)n1. The van der Waals surface area contributed by atoms with Crippen LogP contribution in [0, 0.1) is 18.6 Å². The second-order valence-electron chi connectivity index (χ2n) is 3.16. The van der Waals surface area contributed by atoms with Crippen molar-refractivity contribution in [2.24, 2.45) is 0 Å². The van der Waals surface area contributed by atoms with E-state index in [1.807, 2.05) is 12.3 Å². The van der Waals surface area contributed by atoms with Gasteiger partial charge in [0.25, 0.3) is 0 Å². The van der Waals surface area contributed by atoms with Crippen LogP contribution in [0.15, 0.2) is 26.7 Å². The molecule has 0 saturated carbocycles. The van der Waals surface area contributed by atoms with Crippen molar-refractivity contribution in [3.8, 4) is 0 Å². The minimum atomic E-state index is -0.740. The number of hydrogen-bond donors (Lipinski definition) is 1. The highest BCUT2D eigenvalue weighted by Gasteiger charge is 2.11. The number of anilines is 1. The Labute approximate surface area is 99.5 Å².